The molecule has 1 saturated heterocycles. The molecule has 1 N–H and O–H groups in total. The summed E-state index contributed by atoms with van der Waals surface area (Å²) in [6.45, 7) is 8.43. The van der Waals surface area contributed by atoms with Crippen LogP contribution in [0.1, 0.15) is 36.6 Å². The number of aromatic nitrogens is 2. The minimum atomic E-state index is -1.05. The third kappa shape index (κ3) is 7.02. The van der Waals surface area contributed by atoms with E-state index in [2.05, 4.69) is 16.8 Å². The fourth-order valence-electron chi connectivity index (χ4n) is 4.69. The average Bonchev–Trinajstić information content (AvgIpc) is 3.62. The maximum atomic E-state index is 13.7. The lowest BCUT2D eigenvalue weighted by molar-refractivity contribution is -0.132. The number of thioether (sulfide) groups is 1. The highest BCUT2D eigenvalue weighted by atomic mass is 32.2. The number of ether oxygens (including phenoxy) is 3. The SMILES string of the molecule is C=CCOc1ccc(C2C(=C(O)c3ccc(OCC)cc3)C(=O)C(=O)N2c2nnc(SCc3ccc(F)cc3)s2)cc1OCC. The van der Waals surface area contributed by atoms with Crippen LogP contribution < -0.4 is 19.1 Å². The number of Topliss-reactive ketones (excluding diaryl/α,β-unsaturated/α-hetero) is 1. The second-order valence-electron chi connectivity index (χ2n) is 9.63. The zero-order valence-electron chi connectivity index (χ0n) is 24.6. The number of amides is 1. The van der Waals surface area contributed by atoms with Gasteiger partial charge in [-0.3, -0.25) is 14.5 Å². The summed E-state index contributed by atoms with van der Waals surface area (Å²) in [6, 6.07) is 16.8. The Labute approximate surface area is 268 Å². The number of nitrogens with zero attached hydrogens (tertiary/aromatic N) is 3. The molecule has 0 saturated carbocycles. The smallest absolute Gasteiger partial charge is 0.301 e. The number of ketones is 1. The van der Waals surface area contributed by atoms with Crippen molar-refractivity contribution in [2.75, 3.05) is 24.7 Å². The van der Waals surface area contributed by atoms with E-state index in [-0.39, 0.29) is 28.9 Å². The number of benzene rings is 3. The van der Waals surface area contributed by atoms with E-state index in [4.69, 9.17) is 14.2 Å². The Balaban J connectivity index is 1.57. The summed E-state index contributed by atoms with van der Waals surface area (Å²) >= 11 is 2.50. The van der Waals surface area contributed by atoms with E-state index in [1.54, 1.807) is 60.7 Å². The summed E-state index contributed by atoms with van der Waals surface area (Å²) in [5, 5.41) is 20.2. The molecule has 9 nitrogen and oxygen atoms in total. The molecule has 0 spiro atoms. The highest BCUT2D eigenvalue weighted by Crippen LogP contribution is 2.45. The maximum Gasteiger partial charge on any atom is 0.301 e. The number of carbonyl (C=O) groups is 2. The number of aliphatic hydroxyl groups is 1. The van der Waals surface area contributed by atoms with Crippen LogP contribution in [0, 0.1) is 5.82 Å². The molecule has 1 aromatic heterocycles. The quantitative estimate of drug-likeness (QED) is 0.0411. The van der Waals surface area contributed by atoms with Gasteiger partial charge in [-0.25, -0.2) is 4.39 Å². The van der Waals surface area contributed by atoms with Gasteiger partial charge in [-0.1, -0.05) is 54.0 Å². The van der Waals surface area contributed by atoms with Crippen LogP contribution in [0.15, 0.2) is 89.3 Å². The Morgan fingerprint density at radius 1 is 1.00 bits per heavy atom. The number of halogens is 1. The van der Waals surface area contributed by atoms with Crippen LogP contribution in [0.25, 0.3) is 5.76 Å². The van der Waals surface area contributed by atoms with Crippen molar-refractivity contribution in [2.45, 2.75) is 30.0 Å². The summed E-state index contributed by atoms with van der Waals surface area (Å²) < 4.78 is 31.0. The third-order valence-electron chi connectivity index (χ3n) is 6.70. The predicted octanol–water partition coefficient (Wildman–Crippen LogP) is 6.96. The second-order valence-corrected chi connectivity index (χ2v) is 11.8. The van der Waals surface area contributed by atoms with E-state index >= 15 is 0 Å². The molecule has 12 heteroatoms. The predicted molar refractivity (Wildman–Crippen MR) is 172 cm³/mol. The zero-order valence-corrected chi connectivity index (χ0v) is 26.2. The molecule has 1 atom stereocenters. The van der Waals surface area contributed by atoms with E-state index in [0.29, 0.717) is 51.7 Å². The lowest BCUT2D eigenvalue weighted by Crippen LogP contribution is -2.29. The summed E-state index contributed by atoms with van der Waals surface area (Å²) in [6.07, 6.45) is 1.61. The van der Waals surface area contributed by atoms with Crippen LogP contribution in [0.3, 0.4) is 0 Å². The number of hydrogen-bond acceptors (Lipinski definition) is 10. The van der Waals surface area contributed by atoms with Crippen LogP contribution in [-0.4, -0.2) is 46.8 Å². The fourth-order valence-corrected chi connectivity index (χ4v) is 6.51. The van der Waals surface area contributed by atoms with Gasteiger partial charge in [0.05, 0.1) is 24.8 Å². The monoisotopic (exact) mass is 647 g/mol. The van der Waals surface area contributed by atoms with Crippen molar-refractivity contribution < 1.29 is 33.3 Å². The topological polar surface area (TPSA) is 111 Å². The average molecular weight is 648 g/mol. The molecule has 4 aromatic rings. The first kappa shape index (κ1) is 31.7. The van der Waals surface area contributed by atoms with Crippen LogP contribution >= 0.6 is 23.1 Å². The highest BCUT2D eigenvalue weighted by Gasteiger charge is 2.48. The van der Waals surface area contributed by atoms with Gasteiger partial charge < -0.3 is 19.3 Å². The molecule has 5 rings (SSSR count). The summed E-state index contributed by atoms with van der Waals surface area (Å²) in [5.41, 5.74) is 1.61. The number of hydrogen-bond donors (Lipinski definition) is 1. The Kier molecular flexibility index (Phi) is 10.2. The van der Waals surface area contributed by atoms with Gasteiger partial charge in [0.25, 0.3) is 5.78 Å². The van der Waals surface area contributed by atoms with Gasteiger partial charge >= 0.3 is 5.91 Å². The van der Waals surface area contributed by atoms with Crippen molar-refractivity contribution in [2.24, 2.45) is 0 Å². The number of anilines is 1. The summed E-state index contributed by atoms with van der Waals surface area (Å²) in [4.78, 5) is 28.5. The number of carbonyl (C=O) groups excluding carboxylic acids is 2. The third-order valence-corrected chi connectivity index (χ3v) is 8.83. The van der Waals surface area contributed by atoms with Gasteiger partial charge in [-0.05, 0) is 73.5 Å². The van der Waals surface area contributed by atoms with E-state index in [1.807, 2.05) is 13.8 Å². The number of rotatable bonds is 13. The molecule has 1 unspecified atom stereocenters. The Morgan fingerprint density at radius 2 is 1.73 bits per heavy atom. The molecule has 45 heavy (non-hydrogen) atoms. The minimum Gasteiger partial charge on any atom is -0.507 e. The molecule has 1 amide bonds. The van der Waals surface area contributed by atoms with Crippen LogP contribution in [0.2, 0.25) is 0 Å². The van der Waals surface area contributed by atoms with Crippen molar-refractivity contribution in [3.8, 4) is 17.2 Å². The van der Waals surface area contributed by atoms with Crippen molar-refractivity contribution in [1.29, 1.82) is 0 Å². The molecular weight excluding hydrogens is 618 g/mol. The van der Waals surface area contributed by atoms with Gasteiger partial charge in [0.15, 0.2) is 15.8 Å². The highest BCUT2D eigenvalue weighted by molar-refractivity contribution is 8.00. The summed E-state index contributed by atoms with van der Waals surface area (Å²) in [5.74, 6) is -0.438. The van der Waals surface area contributed by atoms with Crippen LogP contribution in [-0.2, 0) is 15.3 Å². The molecule has 2 heterocycles. The Bertz CT molecular complexity index is 1720. The largest absolute Gasteiger partial charge is 0.507 e. The molecule has 0 radical (unpaired) electrons. The van der Waals surface area contributed by atoms with Crippen molar-refractivity contribution in [3.05, 3.63) is 107 Å². The van der Waals surface area contributed by atoms with E-state index in [9.17, 15) is 19.1 Å². The summed E-state index contributed by atoms with van der Waals surface area (Å²) in [7, 11) is 0. The second kappa shape index (κ2) is 14.4. The molecule has 1 aliphatic rings. The first-order valence-electron chi connectivity index (χ1n) is 14.1. The molecule has 0 bridgehead atoms. The zero-order chi connectivity index (χ0) is 31.9. The molecule has 0 aliphatic carbocycles. The standard InChI is InChI=1S/C33H30FN3O6S2/c1-4-17-43-25-16-11-22(18-26(25)42-6-3)28-27(29(38)21-9-14-24(15-10-21)41-5-2)30(39)31(40)37(28)32-35-36-33(45-32)44-19-20-7-12-23(34)13-8-20/h4,7-16,18,28,38H,1,5-6,17,19H2,2-3H3. The van der Waals surface area contributed by atoms with Crippen LogP contribution in [0.5, 0.6) is 17.2 Å². The normalized spacial score (nSPS) is 15.7. The Morgan fingerprint density at radius 3 is 2.42 bits per heavy atom. The lowest BCUT2D eigenvalue weighted by Gasteiger charge is -2.23. The molecule has 3 aromatic carbocycles. The molecule has 232 valence electrons. The number of aliphatic hydroxyl groups excluding tert-OH is 1. The molecule has 1 fully saturated rings. The van der Waals surface area contributed by atoms with Crippen molar-refractivity contribution >= 4 is 45.7 Å². The van der Waals surface area contributed by atoms with Crippen LogP contribution in [0.4, 0.5) is 9.52 Å². The van der Waals surface area contributed by atoms with Crippen molar-refractivity contribution in [1.82, 2.24) is 10.2 Å². The van der Waals surface area contributed by atoms with Gasteiger partial charge in [-0.2, -0.15) is 0 Å². The van der Waals surface area contributed by atoms with Gasteiger partial charge in [0.1, 0.15) is 23.9 Å². The van der Waals surface area contributed by atoms with E-state index in [0.717, 1.165) is 16.9 Å². The van der Waals surface area contributed by atoms with E-state index < -0.39 is 17.7 Å². The first-order chi connectivity index (χ1) is 21.8. The Hall–Kier alpha value is -4.68. The van der Waals surface area contributed by atoms with Crippen molar-refractivity contribution in [3.63, 3.8) is 0 Å². The van der Waals surface area contributed by atoms with Gasteiger partial charge in [0, 0.05) is 11.3 Å². The first-order valence-corrected chi connectivity index (χ1v) is 15.9. The lowest BCUT2D eigenvalue weighted by atomic mass is 9.95. The fraction of sp³-hybridized carbons (Fsp3) is 0.212. The van der Waals surface area contributed by atoms with Gasteiger partial charge in [0.2, 0.25) is 5.13 Å². The molecule has 1 aliphatic heterocycles. The minimum absolute atomic E-state index is 0.109. The maximum absolute atomic E-state index is 13.7. The molecular formula is C33H30FN3O6S2. The van der Waals surface area contributed by atoms with E-state index in [1.165, 1.54) is 28.8 Å². The van der Waals surface area contributed by atoms with Gasteiger partial charge in [-0.15, -0.1) is 10.2 Å².